The molecule has 0 spiro atoms. The molecule has 0 radical (unpaired) electrons. The second-order valence-electron chi connectivity index (χ2n) is 5.24. The number of hydrogen-bond acceptors (Lipinski definition) is 3. The van der Waals surface area contributed by atoms with E-state index in [0.29, 0.717) is 6.42 Å². The van der Waals surface area contributed by atoms with Crippen molar-refractivity contribution < 1.29 is 4.79 Å². The minimum Gasteiger partial charge on any atom is -0.355 e. The van der Waals surface area contributed by atoms with Crippen LogP contribution in [-0.4, -0.2) is 23.5 Å². The van der Waals surface area contributed by atoms with Gasteiger partial charge in [0.1, 0.15) is 0 Å². The first-order valence-electron chi connectivity index (χ1n) is 6.78. The Morgan fingerprint density at radius 2 is 2.11 bits per heavy atom. The monoisotopic (exact) mass is 278 g/mol. The van der Waals surface area contributed by atoms with Gasteiger partial charge in [0.2, 0.25) is 5.91 Å². The molecule has 2 rings (SSSR count). The molecule has 1 aromatic rings. The van der Waals surface area contributed by atoms with Gasteiger partial charge in [-0.15, -0.1) is 0 Å². The molecule has 0 bridgehead atoms. The Labute approximate surface area is 119 Å². The molecule has 1 aromatic carbocycles. The van der Waals surface area contributed by atoms with Crippen molar-refractivity contribution in [3.05, 3.63) is 35.9 Å². The second-order valence-corrected chi connectivity index (χ2v) is 6.51. The zero-order valence-corrected chi connectivity index (χ0v) is 12.2. The molecule has 1 saturated carbocycles. The molecular weight excluding hydrogens is 256 g/mol. The molecule has 1 unspecified atom stereocenters. The topological polar surface area (TPSA) is 55.1 Å². The molecule has 1 amide bonds. The Morgan fingerprint density at radius 3 is 2.63 bits per heavy atom. The molecule has 4 heteroatoms. The zero-order chi connectivity index (χ0) is 13.7. The highest BCUT2D eigenvalue weighted by atomic mass is 32.2. The fraction of sp³-hybridized carbons (Fsp3) is 0.533. The van der Waals surface area contributed by atoms with Gasteiger partial charge in [0.15, 0.2) is 0 Å². The predicted octanol–water partition coefficient (Wildman–Crippen LogP) is 2.48. The third-order valence-corrected chi connectivity index (χ3v) is 5.36. The van der Waals surface area contributed by atoms with E-state index in [2.05, 4.69) is 11.6 Å². The van der Waals surface area contributed by atoms with Crippen molar-refractivity contribution in [3.8, 4) is 0 Å². The third kappa shape index (κ3) is 3.74. The summed E-state index contributed by atoms with van der Waals surface area (Å²) in [4.78, 5) is 11.9. The highest BCUT2D eigenvalue weighted by molar-refractivity contribution is 8.00. The second kappa shape index (κ2) is 6.44. The minimum atomic E-state index is -0.215. The lowest BCUT2D eigenvalue weighted by molar-refractivity contribution is -0.121. The van der Waals surface area contributed by atoms with Gasteiger partial charge >= 0.3 is 0 Å². The first-order chi connectivity index (χ1) is 9.15. The van der Waals surface area contributed by atoms with E-state index in [1.807, 2.05) is 42.1 Å². The Bertz CT molecular complexity index is 412. The number of carbonyl (C=O) groups is 1. The molecule has 0 aliphatic heterocycles. The van der Waals surface area contributed by atoms with Crippen molar-refractivity contribution in [1.29, 1.82) is 0 Å². The molecule has 3 N–H and O–H groups in total. The SMILES string of the molecule is CSC1(CNC(=O)CC(N)c2ccccc2)CCC1. The summed E-state index contributed by atoms with van der Waals surface area (Å²) in [5, 5.41) is 3.04. The first-order valence-corrected chi connectivity index (χ1v) is 8.00. The van der Waals surface area contributed by atoms with E-state index in [1.165, 1.54) is 19.3 Å². The molecule has 19 heavy (non-hydrogen) atoms. The lowest BCUT2D eigenvalue weighted by Crippen LogP contribution is -2.45. The van der Waals surface area contributed by atoms with E-state index in [9.17, 15) is 4.79 Å². The number of amides is 1. The van der Waals surface area contributed by atoms with Crippen molar-refractivity contribution in [3.63, 3.8) is 0 Å². The maximum atomic E-state index is 11.9. The quantitative estimate of drug-likeness (QED) is 0.840. The van der Waals surface area contributed by atoms with E-state index in [4.69, 9.17) is 5.73 Å². The van der Waals surface area contributed by atoms with E-state index in [-0.39, 0.29) is 16.7 Å². The van der Waals surface area contributed by atoms with Gasteiger partial charge in [-0.05, 0) is 24.7 Å². The molecule has 1 aliphatic rings. The van der Waals surface area contributed by atoms with E-state index in [0.717, 1.165) is 12.1 Å². The van der Waals surface area contributed by atoms with Crippen LogP contribution in [0.5, 0.6) is 0 Å². The predicted molar refractivity (Wildman–Crippen MR) is 81.1 cm³/mol. The maximum absolute atomic E-state index is 11.9. The van der Waals surface area contributed by atoms with Crippen LogP contribution in [0.15, 0.2) is 30.3 Å². The fourth-order valence-corrected chi connectivity index (χ4v) is 3.29. The van der Waals surface area contributed by atoms with E-state index < -0.39 is 0 Å². The zero-order valence-electron chi connectivity index (χ0n) is 11.4. The highest BCUT2D eigenvalue weighted by Gasteiger charge is 2.36. The van der Waals surface area contributed by atoms with Crippen LogP contribution >= 0.6 is 11.8 Å². The number of rotatable bonds is 6. The van der Waals surface area contributed by atoms with Gasteiger partial charge in [0.25, 0.3) is 0 Å². The van der Waals surface area contributed by atoms with Crippen molar-refractivity contribution in [2.75, 3.05) is 12.8 Å². The standard InChI is InChI=1S/C15H22N2OS/c1-19-15(8-5-9-15)11-17-14(18)10-13(16)12-6-3-2-4-7-12/h2-4,6-7,13H,5,8-11,16H2,1H3,(H,17,18). The van der Waals surface area contributed by atoms with E-state index >= 15 is 0 Å². The van der Waals surface area contributed by atoms with Gasteiger partial charge in [-0.1, -0.05) is 36.8 Å². The van der Waals surface area contributed by atoms with Gasteiger partial charge in [-0.2, -0.15) is 11.8 Å². The van der Waals surface area contributed by atoms with Crippen molar-refractivity contribution in [2.24, 2.45) is 5.73 Å². The number of hydrogen-bond donors (Lipinski definition) is 2. The largest absolute Gasteiger partial charge is 0.355 e. The number of carbonyl (C=O) groups excluding carboxylic acids is 1. The lowest BCUT2D eigenvalue weighted by atomic mass is 9.84. The average molecular weight is 278 g/mol. The number of nitrogens with one attached hydrogen (secondary N) is 1. The summed E-state index contributed by atoms with van der Waals surface area (Å²) < 4.78 is 0.284. The summed E-state index contributed by atoms with van der Waals surface area (Å²) in [7, 11) is 0. The number of nitrogens with two attached hydrogens (primary N) is 1. The molecule has 1 aliphatic carbocycles. The summed E-state index contributed by atoms with van der Waals surface area (Å²) >= 11 is 1.87. The average Bonchev–Trinajstić information content (AvgIpc) is 2.39. The van der Waals surface area contributed by atoms with Crippen LogP contribution < -0.4 is 11.1 Å². The van der Waals surface area contributed by atoms with Crippen LogP contribution in [0.4, 0.5) is 0 Å². The van der Waals surface area contributed by atoms with Crippen LogP contribution in [0.2, 0.25) is 0 Å². The van der Waals surface area contributed by atoms with Crippen molar-refractivity contribution in [1.82, 2.24) is 5.32 Å². The third-order valence-electron chi connectivity index (χ3n) is 3.94. The highest BCUT2D eigenvalue weighted by Crippen LogP contribution is 2.42. The van der Waals surface area contributed by atoms with Gasteiger partial charge in [0, 0.05) is 23.8 Å². The summed E-state index contributed by atoms with van der Waals surface area (Å²) in [5.41, 5.74) is 7.06. The van der Waals surface area contributed by atoms with Crippen LogP contribution in [0.1, 0.15) is 37.3 Å². The Morgan fingerprint density at radius 1 is 1.42 bits per heavy atom. The molecule has 0 aromatic heterocycles. The van der Waals surface area contributed by atoms with Gasteiger partial charge < -0.3 is 11.1 Å². The van der Waals surface area contributed by atoms with Gasteiger partial charge in [-0.25, -0.2) is 0 Å². The fourth-order valence-electron chi connectivity index (χ4n) is 2.37. The molecule has 0 saturated heterocycles. The molecule has 1 fully saturated rings. The lowest BCUT2D eigenvalue weighted by Gasteiger charge is -2.40. The summed E-state index contributed by atoms with van der Waals surface area (Å²) in [6, 6.07) is 9.57. The summed E-state index contributed by atoms with van der Waals surface area (Å²) in [6.45, 7) is 0.772. The Hall–Kier alpha value is -1.00. The van der Waals surface area contributed by atoms with Crippen molar-refractivity contribution in [2.45, 2.75) is 36.5 Å². The summed E-state index contributed by atoms with van der Waals surface area (Å²) in [5.74, 6) is 0.0525. The van der Waals surface area contributed by atoms with Crippen LogP contribution in [-0.2, 0) is 4.79 Å². The Balaban J connectivity index is 1.78. The normalized spacial score (nSPS) is 18.4. The van der Waals surface area contributed by atoms with Crippen LogP contribution in [0.25, 0.3) is 0 Å². The molecule has 1 atom stereocenters. The van der Waals surface area contributed by atoms with Crippen molar-refractivity contribution >= 4 is 17.7 Å². The molecular formula is C15H22N2OS. The smallest absolute Gasteiger partial charge is 0.221 e. The molecule has 0 heterocycles. The Kier molecular flexibility index (Phi) is 4.88. The van der Waals surface area contributed by atoms with E-state index in [1.54, 1.807) is 0 Å². The minimum absolute atomic E-state index is 0.0525. The maximum Gasteiger partial charge on any atom is 0.221 e. The van der Waals surface area contributed by atoms with Crippen LogP contribution in [0, 0.1) is 0 Å². The number of benzene rings is 1. The first kappa shape index (κ1) is 14.4. The molecule has 104 valence electrons. The van der Waals surface area contributed by atoms with Gasteiger partial charge in [0.05, 0.1) is 0 Å². The number of thioether (sulfide) groups is 1. The summed E-state index contributed by atoms with van der Waals surface area (Å²) in [6.07, 6.45) is 6.17. The molecule has 3 nitrogen and oxygen atoms in total. The van der Waals surface area contributed by atoms with Gasteiger partial charge in [-0.3, -0.25) is 4.79 Å². The van der Waals surface area contributed by atoms with Crippen LogP contribution in [0.3, 0.4) is 0 Å².